The van der Waals surface area contributed by atoms with E-state index in [1.165, 1.54) is 11.3 Å². The standard InChI is InChI=1S/C17H22N4/c1-4-12(2)20-16-10-17(19-11-18-16)21-13(3)9-14-7-5-6-8-15(14)21/h5-8,10-13H,4,9H2,1-3H3,(H,18,19,20). The van der Waals surface area contributed by atoms with Crippen LogP contribution in [-0.2, 0) is 6.42 Å². The molecule has 4 nitrogen and oxygen atoms in total. The Morgan fingerprint density at radius 3 is 2.95 bits per heavy atom. The van der Waals surface area contributed by atoms with Gasteiger partial charge >= 0.3 is 0 Å². The zero-order valence-corrected chi connectivity index (χ0v) is 12.9. The summed E-state index contributed by atoms with van der Waals surface area (Å²) < 4.78 is 0. The van der Waals surface area contributed by atoms with E-state index in [4.69, 9.17) is 0 Å². The Hall–Kier alpha value is -2.10. The fraction of sp³-hybridized carbons (Fsp3) is 0.412. The highest BCUT2D eigenvalue weighted by Crippen LogP contribution is 2.37. The van der Waals surface area contributed by atoms with Gasteiger partial charge < -0.3 is 10.2 Å². The topological polar surface area (TPSA) is 41.0 Å². The number of rotatable bonds is 4. The number of hydrogen-bond acceptors (Lipinski definition) is 4. The fourth-order valence-electron chi connectivity index (χ4n) is 2.83. The number of para-hydroxylation sites is 1. The first-order chi connectivity index (χ1) is 10.2. The summed E-state index contributed by atoms with van der Waals surface area (Å²) in [5.41, 5.74) is 2.65. The van der Waals surface area contributed by atoms with E-state index in [-0.39, 0.29) is 0 Å². The largest absolute Gasteiger partial charge is 0.367 e. The van der Waals surface area contributed by atoms with Gasteiger partial charge in [-0.05, 0) is 38.3 Å². The summed E-state index contributed by atoms with van der Waals surface area (Å²) in [6.07, 6.45) is 3.78. The van der Waals surface area contributed by atoms with E-state index in [0.29, 0.717) is 12.1 Å². The molecule has 0 fully saturated rings. The quantitative estimate of drug-likeness (QED) is 0.926. The van der Waals surface area contributed by atoms with Crippen LogP contribution in [0.25, 0.3) is 0 Å². The summed E-state index contributed by atoms with van der Waals surface area (Å²) in [5.74, 6) is 1.86. The third-order valence-corrected chi connectivity index (χ3v) is 4.11. The molecule has 2 aromatic rings. The predicted octanol–water partition coefficient (Wildman–Crippen LogP) is 3.77. The molecular formula is C17H22N4. The summed E-state index contributed by atoms with van der Waals surface area (Å²) >= 11 is 0. The van der Waals surface area contributed by atoms with Crippen molar-refractivity contribution in [3.05, 3.63) is 42.2 Å². The molecule has 3 rings (SSSR count). The average molecular weight is 282 g/mol. The lowest BCUT2D eigenvalue weighted by Crippen LogP contribution is -2.25. The first-order valence-corrected chi connectivity index (χ1v) is 7.64. The van der Waals surface area contributed by atoms with Crippen molar-refractivity contribution in [2.24, 2.45) is 0 Å². The number of fused-ring (bicyclic) bond motifs is 1. The van der Waals surface area contributed by atoms with Crippen LogP contribution in [-0.4, -0.2) is 22.1 Å². The molecule has 110 valence electrons. The van der Waals surface area contributed by atoms with Crippen LogP contribution in [0.3, 0.4) is 0 Å². The lowest BCUT2D eigenvalue weighted by atomic mass is 10.1. The highest BCUT2D eigenvalue weighted by Gasteiger charge is 2.27. The van der Waals surface area contributed by atoms with E-state index in [9.17, 15) is 0 Å². The minimum atomic E-state index is 0.413. The van der Waals surface area contributed by atoms with E-state index in [2.05, 4.69) is 65.2 Å². The van der Waals surface area contributed by atoms with Crippen molar-refractivity contribution in [1.29, 1.82) is 0 Å². The molecule has 0 spiro atoms. The third kappa shape index (κ3) is 2.71. The number of nitrogens with zero attached hydrogens (tertiary/aromatic N) is 3. The molecule has 0 bridgehead atoms. The van der Waals surface area contributed by atoms with Crippen LogP contribution in [0.15, 0.2) is 36.7 Å². The monoisotopic (exact) mass is 282 g/mol. The maximum absolute atomic E-state index is 4.48. The highest BCUT2D eigenvalue weighted by atomic mass is 15.2. The van der Waals surface area contributed by atoms with Crippen LogP contribution >= 0.6 is 0 Å². The molecular weight excluding hydrogens is 260 g/mol. The zero-order valence-electron chi connectivity index (χ0n) is 12.9. The van der Waals surface area contributed by atoms with Crippen molar-refractivity contribution >= 4 is 17.3 Å². The van der Waals surface area contributed by atoms with Crippen LogP contribution in [0.4, 0.5) is 17.3 Å². The van der Waals surface area contributed by atoms with Gasteiger partial charge in [-0.3, -0.25) is 0 Å². The van der Waals surface area contributed by atoms with Crippen LogP contribution in [0.2, 0.25) is 0 Å². The molecule has 2 heterocycles. The molecule has 4 heteroatoms. The Bertz CT molecular complexity index is 626. The Kier molecular flexibility index (Phi) is 3.78. The molecule has 1 aliphatic rings. The summed E-state index contributed by atoms with van der Waals surface area (Å²) in [6.45, 7) is 6.57. The summed E-state index contributed by atoms with van der Waals surface area (Å²) in [6, 6.07) is 11.4. The average Bonchev–Trinajstić information content (AvgIpc) is 2.83. The number of aromatic nitrogens is 2. The highest BCUT2D eigenvalue weighted by molar-refractivity contribution is 5.69. The molecule has 0 aliphatic carbocycles. The Labute approximate surface area is 126 Å². The Balaban J connectivity index is 1.92. The van der Waals surface area contributed by atoms with Crippen molar-refractivity contribution < 1.29 is 0 Å². The smallest absolute Gasteiger partial charge is 0.138 e. The van der Waals surface area contributed by atoms with Crippen LogP contribution < -0.4 is 10.2 Å². The first kappa shape index (κ1) is 13.9. The lowest BCUT2D eigenvalue weighted by Gasteiger charge is -2.24. The first-order valence-electron chi connectivity index (χ1n) is 7.64. The second kappa shape index (κ2) is 5.72. The van der Waals surface area contributed by atoms with Crippen molar-refractivity contribution in [2.75, 3.05) is 10.2 Å². The van der Waals surface area contributed by atoms with Gasteiger partial charge in [0.25, 0.3) is 0 Å². The maximum atomic E-state index is 4.48. The van der Waals surface area contributed by atoms with Gasteiger partial charge in [0.2, 0.25) is 0 Å². The third-order valence-electron chi connectivity index (χ3n) is 4.11. The normalized spacial score (nSPS) is 18.4. The zero-order chi connectivity index (χ0) is 14.8. The van der Waals surface area contributed by atoms with Gasteiger partial charge in [0.15, 0.2) is 0 Å². The minimum Gasteiger partial charge on any atom is -0.367 e. The van der Waals surface area contributed by atoms with Crippen molar-refractivity contribution in [3.63, 3.8) is 0 Å². The van der Waals surface area contributed by atoms with Gasteiger partial charge in [-0.25, -0.2) is 9.97 Å². The molecule has 1 aliphatic heterocycles. The Morgan fingerprint density at radius 2 is 2.14 bits per heavy atom. The van der Waals surface area contributed by atoms with Gasteiger partial charge in [-0.2, -0.15) is 0 Å². The van der Waals surface area contributed by atoms with Gasteiger partial charge in [0.1, 0.15) is 18.0 Å². The number of hydrogen-bond donors (Lipinski definition) is 1. The van der Waals surface area contributed by atoms with Gasteiger partial charge in [0, 0.05) is 23.8 Å². The second-order valence-electron chi connectivity index (χ2n) is 5.77. The van der Waals surface area contributed by atoms with Crippen molar-refractivity contribution in [3.8, 4) is 0 Å². The molecule has 0 saturated heterocycles. The summed E-state index contributed by atoms with van der Waals surface area (Å²) in [7, 11) is 0. The number of benzene rings is 1. The van der Waals surface area contributed by atoms with Gasteiger partial charge in [-0.15, -0.1) is 0 Å². The molecule has 0 amide bonds. The Morgan fingerprint density at radius 1 is 1.33 bits per heavy atom. The van der Waals surface area contributed by atoms with E-state index in [1.54, 1.807) is 6.33 Å². The predicted molar refractivity (Wildman–Crippen MR) is 87.2 cm³/mol. The second-order valence-corrected chi connectivity index (χ2v) is 5.77. The molecule has 0 saturated carbocycles. The van der Waals surface area contributed by atoms with Crippen LogP contribution in [0, 0.1) is 0 Å². The van der Waals surface area contributed by atoms with Crippen molar-refractivity contribution in [1.82, 2.24) is 9.97 Å². The van der Waals surface area contributed by atoms with Crippen LogP contribution in [0.5, 0.6) is 0 Å². The fourth-order valence-corrected chi connectivity index (χ4v) is 2.83. The number of anilines is 3. The van der Waals surface area contributed by atoms with Gasteiger partial charge in [0.05, 0.1) is 0 Å². The van der Waals surface area contributed by atoms with Crippen LogP contribution in [0.1, 0.15) is 32.8 Å². The molecule has 21 heavy (non-hydrogen) atoms. The maximum Gasteiger partial charge on any atom is 0.138 e. The van der Waals surface area contributed by atoms with Crippen molar-refractivity contribution in [2.45, 2.75) is 45.7 Å². The summed E-state index contributed by atoms with van der Waals surface area (Å²) in [5, 5.41) is 3.42. The van der Waals surface area contributed by atoms with E-state index in [1.807, 2.05) is 6.07 Å². The summed E-state index contributed by atoms with van der Waals surface area (Å²) in [4.78, 5) is 11.1. The molecule has 1 aromatic carbocycles. The SMILES string of the molecule is CCC(C)Nc1cc(N2c3ccccc3CC2C)ncn1. The lowest BCUT2D eigenvalue weighted by molar-refractivity contribution is 0.744. The van der Waals surface area contributed by atoms with Gasteiger partial charge in [-0.1, -0.05) is 25.1 Å². The molecule has 2 atom stereocenters. The van der Waals surface area contributed by atoms with E-state index < -0.39 is 0 Å². The molecule has 2 unspecified atom stereocenters. The molecule has 1 N–H and O–H groups in total. The number of nitrogens with one attached hydrogen (secondary N) is 1. The van der Waals surface area contributed by atoms with E-state index >= 15 is 0 Å². The molecule has 0 radical (unpaired) electrons. The molecule has 1 aromatic heterocycles. The van der Waals surface area contributed by atoms with E-state index in [0.717, 1.165) is 24.5 Å². The minimum absolute atomic E-state index is 0.413.